The van der Waals surface area contributed by atoms with Gasteiger partial charge in [-0.05, 0) is 5.41 Å². The minimum absolute atomic E-state index is 0.0451. The number of hydrogen-bond acceptors (Lipinski definition) is 2. The molecule has 0 unspecified atom stereocenters. The van der Waals surface area contributed by atoms with Gasteiger partial charge in [-0.1, -0.05) is 41.5 Å². The molecule has 2 heteroatoms. The smallest absolute Gasteiger partial charge is 0.0504 e. The van der Waals surface area contributed by atoms with Gasteiger partial charge in [0, 0.05) is 5.41 Å². The molecule has 0 spiro atoms. The standard InChI is InChI=1S/C5H12O2.C5H12/c1-5(2,3-6)4-7;1-5(2,3)4/h6-7H,3-4H2,1-2H3;1-4H3. The molecule has 76 valence electrons. The van der Waals surface area contributed by atoms with E-state index in [0.717, 1.165) is 0 Å². The van der Waals surface area contributed by atoms with E-state index in [1.54, 1.807) is 13.8 Å². The Morgan fingerprint density at radius 2 is 0.917 bits per heavy atom. The van der Waals surface area contributed by atoms with E-state index in [4.69, 9.17) is 10.2 Å². The molecule has 0 atom stereocenters. The van der Waals surface area contributed by atoms with E-state index in [9.17, 15) is 0 Å². The van der Waals surface area contributed by atoms with Crippen molar-refractivity contribution in [3.8, 4) is 0 Å². The van der Waals surface area contributed by atoms with Gasteiger partial charge in [-0.3, -0.25) is 0 Å². The lowest BCUT2D eigenvalue weighted by atomic mass is 9.97. The van der Waals surface area contributed by atoms with Crippen molar-refractivity contribution in [2.75, 3.05) is 13.2 Å². The maximum atomic E-state index is 8.43. The van der Waals surface area contributed by atoms with Crippen LogP contribution in [-0.4, -0.2) is 23.4 Å². The fourth-order valence-electron chi connectivity index (χ4n) is 0.0500. The SMILES string of the molecule is CC(C)(C)C.CC(C)(CO)CO. The Morgan fingerprint density at radius 3 is 0.917 bits per heavy atom. The van der Waals surface area contributed by atoms with E-state index >= 15 is 0 Å². The Balaban J connectivity index is 0. The van der Waals surface area contributed by atoms with Crippen LogP contribution in [0.2, 0.25) is 0 Å². The molecule has 0 saturated carbocycles. The normalized spacial score (nSPS) is 12.0. The highest BCUT2D eigenvalue weighted by Gasteiger charge is 2.13. The van der Waals surface area contributed by atoms with Crippen molar-refractivity contribution in [1.82, 2.24) is 0 Å². The van der Waals surface area contributed by atoms with Gasteiger partial charge in [0.2, 0.25) is 0 Å². The van der Waals surface area contributed by atoms with Crippen molar-refractivity contribution < 1.29 is 10.2 Å². The first-order valence-electron chi connectivity index (χ1n) is 4.34. The summed E-state index contributed by atoms with van der Waals surface area (Å²) >= 11 is 0. The maximum absolute atomic E-state index is 8.43. The third-order valence-electron chi connectivity index (χ3n) is 0.856. The highest BCUT2D eigenvalue weighted by molar-refractivity contribution is 4.62. The Labute approximate surface area is 76.6 Å². The zero-order chi connectivity index (χ0) is 10.4. The largest absolute Gasteiger partial charge is 0.396 e. The lowest BCUT2D eigenvalue weighted by Gasteiger charge is -2.16. The molecule has 0 aromatic carbocycles. The average Bonchev–Trinajstić information content (AvgIpc) is 1.85. The average molecular weight is 176 g/mol. The summed E-state index contributed by atoms with van der Waals surface area (Å²) in [4.78, 5) is 0. The monoisotopic (exact) mass is 176 g/mol. The number of rotatable bonds is 2. The highest BCUT2D eigenvalue weighted by Crippen LogP contribution is 2.10. The first kappa shape index (κ1) is 14.4. The van der Waals surface area contributed by atoms with E-state index in [0.29, 0.717) is 5.41 Å². The predicted molar refractivity (Wildman–Crippen MR) is 53.1 cm³/mol. The van der Waals surface area contributed by atoms with Crippen LogP contribution >= 0.6 is 0 Å². The zero-order valence-corrected chi connectivity index (χ0v) is 9.31. The van der Waals surface area contributed by atoms with Crippen LogP contribution in [0, 0.1) is 10.8 Å². The zero-order valence-electron chi connectivity index (χ0n) is 9.31. The molecule has 2 nitrogen and oxygen atoms in total. The van der Waals surface area contributed by atoms with Crippen molar-refractivity contribution >= 4 is 0 Å². The maximum Gasteiger partial charge on any atom is 0.0504 e. The lowest BCUT2D eigenvalue weighted by Crippen LogP contribution is -2.20. The van der Waals surface area contributed by atoms with Crippen molar-refractivity contribution in [2.24, 2.45) is 10.8 Å². The van der Waals surface area contributed by atoms with Crippen molar-refractivity contribution in [1.29, 1.82) is 0 Å². The molecule has 0 bridgehead atoms. The summed E-state index contributed by atoms with van der Waals surface area (Å²) in [5.74, 6) is 0. The molecule has 2 N–H and O–H groups in total. The van der Waals surface area contributed by atoms with Gasteiger partial charge in [0.25, 0.3) is 0 Å². The Morgan fingerprint density at radius 1 is 0.750 bits per heavy atom. The molecule has 0 aromatic rings. The molecule has 0 rings (SSSR count). The van der Waals surface area contributed by atoms with Gasteiger partial charge in [0.15, 0.2) is 0 Å². The molecule has 0 saturated heterocycles. The highest BCUT2D eigenvalue weighted by atomic mass is 16.3. The molecule has 0 amide bonds. The molecule has 0 aliphatic rings. The number of aliphatic hydroxyl groups excluding tert-OH is 2. The fourth-order valence-corrected chi connectivity index (χ4v) is 0.0500. The molecule has 0 radical (unpaired) electrons. The fraction of sp³-hybridized carbons (Fsp3) is 1.00. The van der Waals surface area contributed by atoms with Crippen LogP contribution in [0.15, 0.2) is 0 Å². The van der Waals surface area contributed by atoms with Crippen LogP contribution in [0.1, 0.15) is 41.5 Å². The molecule has 12 heavy (non-hydrogen) atoms. The van der Waals surface area contributed by atoms with E-state index < -0.39 is 0 Å². The van der Waals surface area contributed by atoms with Gasteiger partial charge in [-0.2, -0.15) is 0 Å². The quantitative estimate of drug-likeness (QED) is 0.676. The molecular weight excluding hydrogens is 152 g/mol. The van der Waals surface area contributed by atoms with Crippen molar-refractivity contribution in [3.63, 3.8) is 0 Å². The Hall–Kier alpha value is -0.0800. The first-order chi connectivity index (χ1) is 5.12. The molecule has 0 heterocycles. The van der Waals surface area contributed by atoms with Crippen molar-refractivity contribution in [3.05, 3.63) is 0 Å². The van der Waals surface area contributed by atoms with E-state index in [-0.39, 0.29) is 18.6 Å². The molecule has 0 aliphatic carbocycles. The minimum atomic E-state index is -0.306. The summed E-state index contributed by atoms with van der Waals surface area (Å²) in [6, 6.07) is 0. The first-order valence-corrected chi connectivity index (χ1v) is 4.34. The van der Waals surface area contributed by atoms with Crippen LogP contribution < -0.4 is 0 Å². The Bertz CT molecular complexity index is 88.9. The second-order valence-corrected chi connectivity index (χ2v) is 5.48. The van der Waals surface area contributed by atoms with Gasteiger partial charge in [-0.25, -0.2) is 0 Å². The second-order valence-electron chi connectivity index (χ2n) is 5.48. The summed E-state index contributed by atoms with van der Waals surface area (Å²) in [5, 5.41) is 16.9. The topological polar surface area (TPSA) is 40.5 Å². The summed E-state index contributed by atoms with van der Waals surface area (Å²) < 4.78 is 0. The second kappa shape index (κ2) is 5.55. The molecule has 0 fully saturated rings. The molecule has 0 aliphatic heterocycles. The molecule has 0 aromatic heterocycles. The summed E-state index contributed by atoms with van der Waals surface area (Å²) in [5.41, 5.74) is 0.194. The van der Waals surface area contributed by atoms with Gasteiger partial charge in [0.1, 0.15) is 0 Å². The van der Waals surface area contributed by atoms with E-state index in [2.05, 4.69) is 27.7 Å². The number of hydrogen-bond donors (Lipinski definition) is 2. The minimum Gasteiger partial charge on any atom is -0.396 e. The summed E-state index contributed by atoms with van der Waals surface area (Å²) in [6.07, 6.45) is 0. The summed E-state index contributed by atoms with van der Waals surface area (Å²) in [7, 11) is 0. The van der Waals surface area contributed by atoms with Crippen molar-refractivity contribution in [2.45, 2.75) is 41.5 Å². The van der Waals surface area contributed by atoms with Gasteiger partial charge < -0.3 is 10.2 Å². The van der Waals surface area contributed by atoms with Gasteiger partial charge >= 0.3 is 0 Å². The third-order valence-corrected chi connectivity index (χ3v) is 0.856. The van der Waals surface area contributed by atoms with Crippen LogP contribution in [-0.2, 0) is 0 Å². The van der Waals surface area contributed by atoms with E-state index in [1.807, 2.05) is 0 Å². The van der Waals surface area contributed by atoms with Crippen LogP contribution in [0.3, 0.4) is 0 Å². The third kappa shape index (κ3) is 22.5. The van der Waals surface area contributed by atoms with E-state index in [1.165, 1.54) is 0 Å². The molecular formula is C10H24O2. The van der Waals surface area contributed by atoms with Crippen LogP contribution in [0.25, 0.3) is 0 Å². The number of aliphatic hydroxyl groups is 2. The predicted octanol–water partition coefficient (Wildman–Crippen LogP) is 2.05. The van der Waals surface area contributed by atoms with Crippen LogP contribution in [0.5, 0.6) is 0 Å². The van der Waals surface area contributed by atoms with Crippen LogP contribution in [0.4, 0.5) is 0 Å². The van der Waals surface area contributed by atoms with Gasteiger partial charge in [-0.15, -0.1) is 0 Å². The Kier molecular flexibility index (Phi) is 6.68. The van der Waals surface area contributed by atoms with Gasteiger partial charge in [0.05, 0.1) is 13.2 Å². The lowest BCUT2D eigenvalue weighted by molar-refractivity contribution is 0.0857. The summed E-state index contributed by atoms with van der Waals surface area (Å²) in [6.45, 7) is 12.4.